The van der Waals surface area contributed by atoms with Gasteiger partial charge in [0.15, 0.2) is 0 Å². The van der Waals surface area contributed by atoms with Crippen molar-refractivity contribution < 1.29 is 13.3 Å². The second-order valence-electron chi connectivity index (χ2n) is 5.02. The Labute approximate surface area is 125 Å². The molecule has 0 saturated carbocycles. The Hall–Kier alpha value is -1.47. The highest BCUT2D eigenvalue weighted by Gasteiger charge is 2.17. The molecule has 21 heavy (non-hydrogen) atoms. The molecule has 0 aliphatic carbocycles. The quantitative estimate of drug-likeness (QED) is 0.560. The lowest BCUT2D eigenvalue weighted by Gasteiger charge is -2.15. The van der Waals surface area contributed by atoms with Crippen molar-refractivity contribution in [3.63, 3.8) is 0 Å². The van der Waals surface area contributed by atoms with Crippen LogP contribution in [-0.4, -0.2) is 19.9 Å². The van der Waals surface area contributed by atoms with Gasteiger partial charge in [0.1, 0.15) is 0 Å². The van der Waals surface area contributed by atoms with E-state index in [-0.39, 0.29) is 10.6 Å². The summed E-state index contributed by atoms with van der Waals surface area (Å²) in [6.45, 7) is 4.55. The predicted molar refractivity (Wildman–Crippen MR) is 81.6 cm³/mol. The number of benzene rings is 1. The van der Waals surface area contributed by atoms with E-state index in [1.807, 2.05) is 6.92 Å². The van der Waals surface area contributed by atoms with E-state index in [2.05, 4.69) is 11.6 Å². The van der Waals surface area contributed by atoms with Crippen LogP contribution >= 0.6 is 0 Å². The number of sulfonamides is 1. The lowest BCUT2D eigenvalue weighted by Crippen LogP contribution is -2.29. The summed E-state index contributed by atoms with van der Waals surface area (Å²) in [6, 6.07) is 4.91. The van der Waals surface area contributed by atoms with Gasteiger partial charge < -0.3 is 0 Å². The fourth-order valence-corrected chi connectivity index (χ4v) is 3.12. The van der Waals surface area contributed by atoms with Crippen LogP contribution in [0.25, 0.3) is 0 Å². The minimum Gasteiger partial charge on any atom is -0.258 e. The van der Waals surface area contributed by atoms with Crippen molar-refractivity contribution in [3.8, 4) is 0 Å². The predicted octanol–water partition coefficient (Wildman–Crippen LogP) is 3.09. The van der Waals surface area contributed by atoms with Gasteiger partial charge in [-0.25, -0.2) is 13.1 Å². The van der Waals surface area contributed by atoms with Crippen LogP contribution in [0.15, 0.2) is 29.2 Å². The molecule has 0 amide bonds. The molecule has 0 aromatic heterocycles. The Morgan fingerprint density at radius 3 is 2.33 bits per heavy atom. The summed E-state index contributed by atoms with van der Waals surface area (Å²) in [5, 5.41) is 10.6. The van der Waals surface area contributed by atoms with Gasteiger partial charge in [-0.3, -0.25) is 10.1 Å². The summed E-state index contributed by atoms with van der Waals surface area (Å²) >= 11 is 0. The van der Waals surface area contributed by atoms with Crippen LogP contribution < -0.4 is 4.72 Å². The normalized spacial score (nSPS) is 13.0. The molecule has 1 aromatic carbocycles. The minimum absolute atomic E-state index is 0.0541. The van der Waals surface area contributed by atoms with Crippen molar-refractivity contribution in [2.24, 2.45) is 5.92 Å². The van der Waals surface area contributed by atoms with Gasteiger partial charge in [0.2, 0.25) is 10.0 Å². The van der Waals surface area contributed by atoms with E-state index in [0.29, 0.717) is 12.5 Å². The maximum Gasteiger partial charge on any atom is 0.269 e. The average Bonchev–Trinajstić information content (AvgIpc) is 2.47. The summed E-state index contributed by atoms with van der Waals surface area (Å²) in [6.07, 6.45) is 4.09. The first-order valence-corrected chi connectivity index (χ1v) is 8.63. The van der Waals surface area contributed by atoms with Crippen LogP contribution in [0, 0.1) is 16.0 Å². The SMILES string of the molecule is CCCC[C@H](CC)CNS(=O)(=O)c1ccc([N+](=O)[O-])cc1. The van der Waals surface area contributed by atoms with Crippen molar-refractivity contribution >= 4 is 15.7 Å². The molecule has 0 radical (unpaired) electrons. The molecule has 0 aliphatic rings. The molecule has 118 valence electrons. The van der Waals surface area contributed by atoms with Gasteiger partial charge in [0.25, 0.3) is 5.69 Å². The number of unbranched alkanes of at least 4 members (excludes halogenated alkanes) is 1. The Kier molecular flexibility index (Phi) is 6.77. The molecule has 1 atom stereocenters. The molecule has 1 rings (SSSR count). The highest BCUT2D eigenvalue weighted by Crippen LogP contribution is 2.17. The minimum atomic E-state index is -3.61. The fourth-order valence-electron chi connectivity index (χ4n) is 2.00. The van der Waals surface area contributed by atoms with E-state index in [9.17, 15) is 18.5 Å². The molecule has 0 saturated heterocycles. The maximum atomic E-state index is 12.1. The molecule has 0 bridgehead atoms. The summed E-state index contributed by atoms with van der Waals surface area (Å²) in [5.41, 5.74) is -0.122. The molecule has 6 nitrogen and oxygen atoms in total. The van der Waals surface area contributed by atoms with E-state index in [0.717, 1.165) is 25.7 Å². The second-order valence-corrected chi connectivity index (χ2v) is 6.79. The Morgan fingerprint density at radius 2 is 1.86 bits per heavy atom. The summed E-state index contributed by atoms with van der Waals surface area (Å²) in [7, 11) is -3.61. The zero-order valence-corrected chi connectivity index (χ0v) is 13.2. The number of hydrogen-bond donors (Lipinski definition) is 1. The van der Waals surface area contributed by atoms with Gasteiger partial charge >= 0.3 is 0 Å². The highest BCUT2D eigenvalue weighted by molar-refractivity contribution is 7.89. The van der Waals surface area contributed by atoms with Gasteiger partial charge in [0.05, 0.1) is 9.82 Å². The van der Waals surface area contributed by atoms with Crippen LogP contribution in [0.1, 0.15) is 39.5 Å². The van der Waals surface area contributed by atoms with Crippen molar-refractivity contribution in [3.05, 3.63) is 34.4 Å². The smallest absolute Gasteiger partial charge is 0.258 e. The summed E-state index contributed by atoms with van der Waals surface area (Å²) < 4.78 is 26.8. The van der Waals surface area contributed by atoms with E-state index in [1.165, 1.54) is 24.3 Å². The first kappa shape index (κ1) is 17.6. The Morgan fingerprint density at radius 1 is 1.24 bits per heavy atom. The Balaban J connectivity index is 2.70. The largest absolute Gasteiger partial charge is 0.269 e. The number of nitro benzene ring substituents is 1. The fraction of sp³-hybridized carbons (Fsp3) is 0.571. The lowest BCUT2D eigenvalue weighted by atomic mass is 10.00. The molecular formula is C14H22N2O4S. The van der Waals surface area contributed by atoms with Crippen molar-refractivity contribution in [1.29, 1.82) is 0 Å². The molecule has 0 aliphatic heterocycles. The van der Waals surface area contributed by atoms with E-state index in [4.69, 9.17) is 0 Å². The molecule has 0 unspecified atom stereocenters. The van der Waals surface area contributed by atoms with Crippen molar-refractivity contribution in [2.45, 2.75) is 44.4 Å². The van der Waals surface area contributed by atoms with Crippen molar-refractivity contribution in [1.82, 2.24) is 4.72 Å². The van der Waals surface area contributed by atoms with Crippen molar-refractivity contribution in [2.75, 3.05) is 6.54 Å². The third-order valence-corrected chi connectivity index (χ3v) is 4.90. The lowest BCUT2D eigenvalue weighted by molar-refractivity contribution is -0.384. The molecule has 0 heterocycles. The first-order chi connectivity index (χ1) is 9.90. The van der Waals surface area contributed by atoms with Crippen LogP contribution in [0.2, 0.25) is 0 Å². The topological polar surface area (TPSA) is 89.3 Å². The number of hydrogen-bond acceptors (Lipinski definition) is 4. The van der Waals surface area contributed by atoms with E-state index < -0.39 is 14.9 Å². The van der Waals surface area contributed by atoms with Crippen LogP contribution in [0.3, 0.4) is 0 Å². The summed E-state index contributed by atoms with van der Waals surface area (Å²) in [4.78, 5) is 10.1. The standard InChI is InChI=1S/C14H22N2O4S/c1-3-5-6-12(4-2)11-15-21(19,20)14-9-7-13(8-10-14)16(17)18/h7-10,12,15H,3-6,11H2,1-2H3/t12-/m0/s1. The average molecular weight is 314 g/mol. The van der Waals surface area contributed by atoms with Gasteiger partial charge in [-0.2, -0.15) is 0 Å². The number of rotatable bonds is 9. The number of nitrogens with zero attached hydrogens (tertiary/aromatic N) is 1. The molecule has 0 spiro atoms. The highest BCUT2D eigenvalue weighted by atomic mass is 32.2. The van der Waals surface area contributed by atoms with Crippen LogP contribution in [0.4, 0.5) is 5.69 Å². The molecule has 1 N–H and O–H groups in total. The molecule has 7 heteroatoms. The number of nitro groups is 1. The molecule has 0 fully saturated rings. The monoisotopic (exact) mass is 314 g/mol. The van der Waals surface area contributed by atoms with Gasteiger partial charge in [-0.15, -0.1) is 0 Å². The Bertz CT molecular complexity index is 555. The van der Waals surface area contributed by atoms with Crippen LogP contribution in [0.5, 0.6) is 0 Å². The van der Waals surface area contributed by atoms with Gasteiger partial charge in [0, 0.05) is 18.7 Å². The number of non-ortho nitro benzene ring substituents is 1. The first-order valence-electron chi connectivity index (χ1n) is 7.14. The van der Waals surface area contributed by atoms with E-state index in [1.54, 1.807) is 0 Å². The third-order valence-electron chi connectivity index (χ3n) is 3.46. The number of nitrogens with one attached hydrogen (secondary N) is 1. The second kappa shape index (κ2) is 8.09. The van der Waals surface area contributed by atoms with Gasteiger partial charge in [-0.05, 0) is 24.5 Å². The summed E-state index contributed by atoms with van der Waals surface area (Å²) in [5.74, 6) is 0.317. The molecule has 1 aromatic rings. The van der Waals surface area contributed by atoms with Gasteiger partial charge in [-0.1, -0.05) is 33.1 Å². The zero-order valence-electron chi connectivity index (χ0n) is 12.4. The molecular weight excluding hydrogens is 292 g/mol. The van der Waals surface area contributed by atoms with Crippen LogP contribution in [-0.2, 0) is 10.0 Å². The van der Waals surface area contributed by atoms with E-state index >= 15 is 0 Å². The maximum absolute atomic E-state index is 12.1. The third kappa shape index (κ3) is 5.43. The zero-order chi connectivity index (χ0) is 15.9.